The number of rotatable bonds is 25. The van der Waals surface area contributed by atoms with Crippen molar-refractivity contribution >= 4 is 53.7 Å². The van der Waals surface area contributed by atoms with E-state index in [2.05, 4.69) is 182 Å². The molecule has 0 saturated carbocycles. The van der Waals surface area contributed by atoms with Gasteiger partial charge in [0.05, 0.1) is 0 Å². The van der Waals surface area contributed by atoms with Gasteiger partial charge in [0.25, 0.3) is 8.32 Å². The molecule has 4 nitrogen and oxygen atoms in total. The van der Waals surface area contributed by atoms with Gasteiger partial charge in [-0.25, -0.2) is 0 Å². The minimum atomic E-state index is -2.58. The fourth-order valence-corrected chi connectivity index (χ4v) is 33.1. The van der Waals surface area contributed by atoms with Crippen molar-refractivity contribution in [2.45, 2.75) is 231 Å². The van der Waals surface area contributed by atoms with E-state index in [1.807, 2.05) is 0 Å². The molecule has 3 rings (SSSR count). The molecule has 1 aliphatic heterocycles. The van der Waals surface area contributed by atoms with Crippen molar-refractivity contribution < 1.29 is 18.0 Å². The van der Waals surface area contributed by atoms with E-state index in [4.69, 9.17) is 24.6 Å². The number of hydrogen-bond donors (Lipinski definition) is 0. The fourth-order valence-electron chi connectivity index (χ4n) is 9.26. The van der Waals surface area contributed by atoms with Gasteiger partial charge < -0.3 is 0 Å². The number of hydrogen-bond acceptors (Lipinski definition) is 4. The van der Waals surface area contributed by atoms with Crippen molar-refractivity contribution in [3.63, 3.8) is 0 Å². The first-order valence-electron chi connectivity index (χ1n) is 25.0. The van der Waals surface area contributed by atoms with Crippen LogP contribution in [0.25, 0.3) is 0 Å². The molecule has 0 unspecified atom stereocenters. The maximum atomic E-state index is 7.55. The summed E-state index contributed by atoms with van der Waals surface area (Å²) in [4.78, 5) is 0. The Hall–Kier alpha value is -0.791. The predicted molar refractivity (Wildman–Crippen MR) is 283 cm³/mol. The van der Waals surface area contributed by atoms with Gasteiger partial charge in [0, 0.05) is 0 Å². The van der Waals surface area contributed by atoms with Gasteiger partial charge in [-0.2, -0.15) is 0 Å². The molecule has 0 radical (unpaired) electrons. The van der Waals surface area contributed by atoms with Crippen molar-refractivity contribution in [1.82, 2.24) is 0 Å². The van der Waals surface area contributed by atoms with E-state index in [1.54, 1.807) is 0 Å². The molecule has 2 aromatic carbocycles. The summed E-state index contributed by atoms with van der Waals surface area (Å²) in [6.45, 7) is 43.7. The number of ether oxygens (including phenoxy) is 1. The Bertz CT molecular complexity index is 1560. The molecule has 1 heterocycles. The Morgan fingerprint density at radius 2 is 1.16 bits per heavy atom. The van der Waals surface area contributed by atoms with Crippen molar-refractivity contribution in [3.8, 4) is 0 Å². The van der Waals surface area contributed by atoms with Crippen molar-refractivity contribution in [2.24, 2.45) is 0 Å². The molecule has 0 bridgehead atoms. The molecule has 1 fully saturated rings. The molecule has 4 atom stereocenters. The van der Waals surface area contributed by atoms with Gasteiger partial charge in [0.2, 0.25) is 0 Å². The molecule has 62 heavy (non-hydrogen) atoms. The standard InChI is InChI=1S/C42H69O4Si3.3C4H9.Sn/c1-33(2)31-37-39(46-48(14,15)41(6,7)8)38(45-47(12,13)40(3,4)5)32-34(44-37)25-19-18-24-30-43-49(42(9,10)11,35-26-20-16-21-27-35)36-28-22-17-23-29-36;3*1-3-4-2;/h16-23,26-29,34,37-39H,1-2,24-25,30-32H2,3-15H3;3*1,3-4H2,2H3;/b19-18+;;;;/t34-,37-,38-,39-;;;;/m1..../s1. The van der Waals surface area contributed by atoms with Crippen LogP contribution in [0.3, 0.4) is 0 Å². The third-order valence-corrected chi connectivity index (χ3v) is 44.7. The second kappa shape index (κ2) is 24.3. The Kier molecular flexibility index (Phi) is 21.8. The quantitative estimate of drug-likeness (QED) is 0.0564. The van der Waals surface area contributed by atoms with Crippen molar-refractivity contribution in [3.05, 3.63) is 85.0 Å². The third-order valence-electron chi connectivity index (χ3n) is 15.0. The molecule has 0 amide bonds. The van der Waals surface area contributed by atoms with E-state index < -0.39 is 43.3 Å². The van der Waals surface area contributed by atoms with E-state index in [0.29, 0.717) is 6.61 Å². The van der Waals surface area contributed by atoms with Gasteiger partial charge in [-0.15, -0.1) is 0 Å². The van der Waals surface area contributed by atoms with Crippen LogP contribution in [0.2, 0.25) is 59.0 Å². The van der Waals surface area contributed by atoms with Crippen LogP contribution >= 0.6 is 0 Å². The molecule has 1 saturated heterocycles. The van der Waals surface area contributed by atoms with Crippen LogP contribution in [-0.4, -0.2) is 74.4 Å². The van der Waals surface area contributed by atoms with Crippen LogP contribution < -0.4 is 10.4 Å². The number of unbranched alkanes of at least 4 members (excludes halogenated alkanes) is 3. The van der Waals surface area contributed by atoms with Crippen molar-refractivity contribution in [1.29, 1.82) is 0 Å². The first kappa shape index (κ1) is 55.5. The van der Waals surface area contributed by atoms with Crippen LogP contribution in [0.5, 0.6) is 0 Å². The molecular formula is C54H96O4Si3Sn. The van der Waals surface area contributed by atoms with E-state index in [9.17, 15) is 0 Å². The van der Waals surface area contributed by atoms with Crippen LogP contribution in [-0.2, 0) is 18.0 Å². The summed E-state index contributed by atoms with van der Waals surface area (Å²) in [5.41, 5.74) is 1.43. The average molecular weight is 1010 g/mol. The average Bonchev–Trinajstić information content (AvgIpc) is 3.18. The molecule has 0 N–H and O–H groups in total. The van der Waals surface area contributed by atoms with E-state index in [-0.39, 0.29) is 39.5 Å². The topological polar surface area (TPSA) is 36.9 Å². The first-order valence-corrected chi connectivity index (χ1v) is 40.8. The summed E-state index contributed by atoms with van der Waals surface area (Å²) in [6.07, 6.45) is 16.1. The summed E-state index contributed by atoms with van der Waals surface area (Å²) >= 11 is -2.49. The number of benzene rings is 2. The third kappa shape index (κ3) is 15.4. The van der Waals surface area contributed by atoms with Crippen LogP contribution in [0.4, 0.5) is 0 Å². The molecule has 2 aromatic rings. The Labute approximate surface area is 391 Å². The van der Waals surface area contributed by atoms with Crippen LogP contribution in [0.1, 0.15) is 147 Å². The van der Waals surface area contributed by atoms with Gasteiger partial charge in [-0.05, 0) is 15.4 Å². The second-order valence-corrected chi connectivity index (χ2v) is 50.9. The summed E-state index contributed by atoms with van der Waals surface area (Å²) in [5, 5.41) is 2.80. The zero-order chi connectivity index (χ0) is 46.5. The second-order valence-electron chi connectivity index (χ2n) is 23.2. The van der Waals surface area contributed by atoms with E-state index in [0.717, 1.165) is 25.7 Å². The summed E-state index contributed by atoms with van der Waals surface area (Å²) in [5.74, 6) is 0. The van der Waals surface area contributed by atoms with Crippen LogP contribution in [0.15, 0.2) is 85.0 Å². The van der Waals surface area contributed by atoms with Gasteiger partial charge >= 0.3 is 289 Å². The molecule has 0 aliphatic carbocycles. The Morgan fingerprint density at radius 3 is 1.60 bits per heavy atom. The summed E-state index contributed by atoms with van der Waals surface area (Å²) in [6, 6.07) is 22.0. The van der Waals surface area contributed by atoms with Gasteiger partial charge in [0.1, 0.15) is 0 Å². The van der Waals surface area contributed by atoms with Crippen molar-refractivity contribution in [2.75, 3.05) is 6.61 Å². The monoisotopic (exact) mass is 1010 g/mol. The van der Waals surface area contributed by atoms with Crippen LogP contribution in [0, 0.1) is 0 Å². The Balaban J connectivity index is 1.96. The first-order chi connectivity index (χ1) is 28.9. The van der Waals surface area contributed by atoms with E-state index >= 15 is 0 Å². The molecule has 352 valence electrons. The zero-order valence-corrected chi connectivity index (χ0v) is 49.0. The molecule has 1 aliphatic rings. The normalized spacial score (nSPS) is 19.9. The Morgan fingerprint density at radius 1 is 0.694 bits per heavy atom. The minimum absolute atomic E-state index is 0.0120. The molecule has 8 heteroatoms. The molecular weight excluding hydrogens is 916 g/mol. The van der Waals surface area contributed by atoms with Gasteiger partial charge in [-0.1, -0.05) is 81.4 Å². The van der Waals surface area contributed by atoms with Gasteiger partial charge in [-0.3, -0.25) is 0 Å². The predicted octanol–water partition coefficient (Wildman–Crippen LogP) is 15.6. The zero-order valence-electron chi connectivity index (χ0n) is 43.2. The maximum absolute atomic E-state index is 7.55. The summed E-state index contributed by atoms with van der Waals surface area (Å²) in [7, 11) is -6.89. The molecule has 0 aromatic heterocycles. The molecule has 0 spiro atoms. The summed E-state index contributed by atoms with van der Waals surface area (Å²) < 4.78 is 35.5. The SMILES string of the molecule is C=C(C[C@H]1O[C@H](C/C=C/CCO[Si](c2ccccc2)(c2ccccc2)C(C)(C)C)C[C@@H](O[Si](C)(C)C(C)(C)C)[C@@H]1O[Si](C)(C)C(C)(C)C)[CH2][Sn]([CH2]CCC)([CH2]CCC)[CH2]CCC. The van der Waals surface area contributed by atoms with Gasteiger partial charge in [0.15, 0.2) is 0 Å². The van der Waals surface area contributed by atoms with E-state index in [1.165, 1.54) is 72.2 Å². The fraction of sp³-hybridized carbons (Fsp3) is 0.704.